The van der Waals surface area contributed by atoms with Crippen molar-refractivity contribution in [3.8, 4) is 0 Å². The maximum absolute atomic E-state index is 10.1. The molecule has 0 saturated carbocycles. The first kappa shape index (κ1) is 9.42. The van der Waals surface area contributed by atoms with Crippen LogP contribution in [0, 0.1) is 0 Å². The third-order valence-electron chi connectivity index (χ3n) is 0.836. The zero-order valence-electron chi connectivity index (χ0n) is 5.99. The van der Waals surface area contributed by atoms with E-state index in [1.807, 2.05) is 0 Å². The maximum atomic E-state index is 10.1. The lowest BCUT2D eigenvalue weighted by Crippen LogP contribution is -2.05. The number of rotatable bonds is 4. The molecule has 0 unspecified atom stereocenters. The number of carbonyl (C=O) groups is 2. The van der Waals surface area contributed by atoms with Crippen molar-refractivity contribution in [3.05, 3.63) is 24.3 Å². The summed E-state index contributed by atoms with van der Waals surface area (Å²) in [6.45, 7) is 0. The van der Waals surface area contributed by atoms with Gasteiger partial charge in [0, 0.05) is 0 Å². The molecule has 0 heterocycles. The Hall–Kier alpha value is -1.58. The van der Waals surface area contributed by atoms with Gasteiger partial charge in [-0.3, -0.25) is 9.59 Å². The Balaban J connectivity index is 3.57. The molecule has 0 aliphatic rings. The van der Waals surface area contributed by atoms with Crippen LogP contribution in [-0.4, -0.2) is 11.8 Å². The molecule has 4 nitrogen and oxygen atoms in total. The van der Waals surface area contributed by atoms with E-state index in [2.05, 4.69) is 0 Å². The van der Waals surface area contributed by atoms with Crippen LogP contribution < -0.4 is 11.5 Å². The lowest BCUT2D eigenvalue weighted by Gasteiger charge is -1.80. The Morgan fingerprint density at radius 2 is 1.36 bits per heavy atom. The molecule has 0 aliphatic heterocycles. The minimum atomic E-state index is -0.502. The normalized spacial score (nSPS) is 10.9. The van der Waals surface area contributed by atoms with Crippen LogP contribution in [0.3, 0.4) is 0 Å². The summed E-state index contributed by atoms with van der Waals surface area (Å²) in [6.07, 6.45) is 6.02. The summed E-state index contributed by atoms with van der Waals surface area (Å²) in [5.74, 6) is -1.00. The first-order valence-corrected chi connectivity index (χ1v) is 3.05. The van der Waals surface area contributed by atoms with Crippen LogP contribution >= 0.6 is 0 Å². The highest BCUT2D eigenvalue weighted by atomic mass is 16.1. The molecule has 0 saturated heterocycles. The van der Waals surface area contributed by atoms with Crippen molar-refractivity contribution in [2.24, 2.45) is 11.5 Å². The van der Waals surface area contributed by atoms with Crippen LogP contribution in [0.15, 0.2) is 24.3 Å². The van der Waals surface area contributed by atoms with Crippen LogP contribution in [0.4, 0.5) is 0 Å². The number of amides is 2. The summed E-state index contributed by atoms with van der Waals surface area (Å²) >= 11 is 0. The zero-order valence-corrected chi connectivity index (χ0v) is 5.99. The van der Waals surface area contributed by atoms with Gasteiger partial charge in [-0.25, -0.2) is 0 Å². The van der Waals surface area contributed by atoms with Gasteiger partial charge in [-0.05, 0) is 18.6 Å². The minimum Gasteiger partial charge on any atom is -0.366 e. The third kappa shape index (κ3) is 8.42. The SMILES string of the molecule is NC(=O)C=CCC=CC(N)=O. The van der Waals surface area contributed by atoms with E-state index in [1.54, 1.807) is 12.2 Å². The molecule has 0 bridgehead atoms. The van der Waals surface area contributed by atoms with Crippen molar-refractivity contribution in [3.63, 3.8) is 0 Å². The van der Waals surface area contributed by atoms with E-state index in [1.165, 1.54) is 12.2 Å². The smallest absolute Gasteiger partial charge is 0.241 e. The van der Waals surface area contributed by atoms with Gasteiger partial charge < -0.3 is 11.5 Å². The van der Waals surface area contributed by atoms with E-state index in [4.69, 9.17) is 11.5 Å². The number of nitrogens with two attached hydrogens (primary N) is 2. The number of primary amides is 2. The van der Waals surface area contributed by atoms with Crippen molar-refractivity contribution < 1.29 is 9.59 Å². The Kier molecular flexibility index (Phi) is 4.47. The second-order valence-electron chi connectivity index (χ2n) is 1.85. The third-order valence-corrected chi connectivity index (χ3v) is 0.836. The topological polar surface area (TPSA) is 86.2 Å². The molecule has 0 rings (SSSR count). The van der Waals surface area contributed by atoms with Gasteiger partial charge in [0.15, 0.2) is 0 Å². The second kappa shape index (κ2) is 5.22. The predicted octanol–water partition coefficient (Wildman–Crippen LogP) is -0.541. The molecule has 60 valence electrons. The Morgan fingerprint density at radius 3 is 1.64 bits per heavy atom. The lowest BCUT2D eigenvalue weighted by molar-refractivity contribution is -0.114. The molecule has 0 spiro atoms. The van der Waals surface area contributed by atoms with Crippen LogP contribution in [-0.2, 0) is 9.59 Å². The molecule has 11 heavy (non-hydrogen) atoms. The van der Waals surface area contributed by atoms with Crippen molar-refractivity contribution in [2.45, 2.75) is 6.42 Å². The summed E-state index contributed by atoms with van der Waals surface area (Å²) in [5.41, 5.74) is 9.59. The van der Waals surface area contributed by atoms with Gasteiger partial charge in [-0.2, -0.15) is 0 Å². The molecule has 4 heteroatoms. The van der Waals surface area contributed by atoms with Gasteiger partial charge in [-0.1, -0.05) is 12.2 Å². The average Bonchev–Trinajstić information content (AvgIpc) is 1.85. The highest BCUT2D eigenvalue weighted by molar-refractivity contribution is 5.86. The van der Waals surface area contributed by atoms with Gasteiger partial charge in [0.2, 0.25) is 11.8 Å². The van der Waals surface area contributed by atoms with E-state index in [0.717, 1.165) is 0 Å². The van der Waals surface area contributed by atoms with Crippen molar-refractivity contribution in [1.82, 2.24) is 0 Å². The summed E-state index contributed by atoms with van der Waals surface area (Å²) in [5, 5.41) is 0. The Morgan fingerprint density at radius 1 is 1.00 bits per heavy atom. The highest BCUT2D eigenvalue weighted by Gasteiger charge is 1.81. The quantitative estimate of drug-likeness (QED) is 0.533. The average molecular weight is 154 g/mol. The summed E-state index contributed by atoms with van der Waals surface area (Å²) < 4.78 is 0. The van der Waals surface area contributed by atoms with Crippen LogP contribution in [0.2, 0.25) is 0 Å². The number of carbonyl (C=O) groups excluding carboxylic acids is 2. The fraction of sp³-hybridized carbons (Fsp3) is 0.143. The molecule has 0 aromatic carbocycles. The maximum Gasteiger partial charge on any atom is 0.241 e. The molecule has 4 N–H and O–H groups in total. The molecule has 0 atom stereocenters. The van der Waals surface area contributed by atoms with Crippen molar-refractivity contribution in [2.75, 3.05) is 0 Å². The summed E-state index contributed by atoms with van der Waals surface area (Å²) in [4.78, 5) is 20.2. The predicted molar refractivity (Wildman–Crippen MR) is 41.3 cm³/mol. The number of hydrogen-bond donors (Lipinski definition) is 2. The van der Waals surface area contributed by atoms with Gasteiger partial charge in [0.05, 0.1) is 0 Å². The van der Waals surface area contributed by atoms with Crippen LogP contribution in [0.5, 0.6) is 0 Å². The first-order valence-electron chi connectivity index (χ1n) is 3.05. The second-order valence-corrected chi connectivity index (χ2v) is 1.85. The lowest BCUT2D eigenvalue weighted by atomic mass is 10.3. The molecule has 0 aromatic rings. The monoisotopic (exact) mass is 154 g/mol. The van der Waals surface area contributed by atoms with Crippen LogP contribution in [0.25, 0.3) is 0 Å². The molecular weight excluding hydrogens is 144 g/mol. The van der Waals surface area contributed by atoms with E-state index in [0.29, 0.717) is 6.42 Å². The van der Waals surface area contributed by atoms with Crippen LogP contribution in [0.1, 0.15) is 6.42 Å². The molecule has 2 amide bonds. The highest BCUT2D eigenvalue weighted by Crippen LogP contribution is 1.84. The van der Waals surface area contributed by atoms with Gasteiger partial charge in [0.25, 0.3) is 0 Å². The van der Waals surface area contributed by atoms with Gasteiger partial charge >= 0.3 is 0 Å². The van der Waals surface area contributed by atoms with Crippen molar-refractivity contribution >= 4 is 11.8 Å². The summed E-state index contributed by atoms with van der Waals surface area (Å²) in [7, 11) is 0. The molecule has 0 radical (unpaired) electrons. The largest absolute Gasteiger partial charge is 0.366 e. The number of allylic oxidation sites excluding steroid dienone is 2. The minimum absolute atomic E-state index is 0.478. The van der Waals surface area contributed by atoms with E-state index >= 15 is 0 Å². The molecule has 0 aliphatic carbocycles. The van der Waals surface area contributed by atoms with Gasteiger partial charge in [-0.15, -0.1) is 0 Å². The molecule has 0 aromatic heterocycles. The van der Waals surface area contributed by atoms with Crippen molar-refractivity contribution in [1.29, 1.82) is 0 Å². The standard InChI is InChI=1S/C7H10N2O2/c8-6(10)4-2-1-3-5-7(9)11/h2-5H,1H2,(H2,8,10)(H2,9,11). The first-order chi connectivity index (χ1) is 5.13. The molecular formula is C7H10N2O2. The Labute approximate surface area is 64.6 Å². The zero-order chi connectivity index (χ0) is 8.69. The molecule has 0 fully saturated rings. The Bertz CT molecular complexity index is 184. The van der Waals surface area contributed by atoms with E-state index in [-0.39, 0.29) is 0 Å². The fourth-order valence-corrected chi connectivity index (χ4v) is 0.447. The summed E-state index contributed by atoms with van der Waals surface area (Å²) in [6, 6.07) is 0. The van der Waals surface area contributed by atoms with Gasteiger partial charge in [0.1, 0.15) is 0 Å². The number of hydrogen-bond acceptors (Lipinski definition) is 2. The fourth-order valence-electron chi connectivity index (χ4n) is 0.447. The van der Waals surface area contributed by atoms with E-state index in [9.17, 15) is 9.59 Å². The van der Waals surface area contributed by atoms with E-state index < -0.39 is 11.8 Å².